The molecular formula is C15H30N2O. The van der Waals surface area contributed by atoms with Crippen LogP contribution in [0.4, 0.5) is 0 Å². The van der Waals surface area contributed by atoms with Crippen LogP contribution in [-0.4, -0.2) is 61.8 Å². The molecule has 1 atom stereocenters. The van der Waals surface area contributed by atoms with Crippen molar-refractivity contribution in [2.75, 3.05) is 45.9 Å². The lowest BCUT2D eigenvalue weighted by Crippen LogP contribution is -2.54. The number of fused-ring (bicyclic) bond motifs is 1. The van der Waals surface area contributed by atoms with Crippen LogP contribution in [0, 0.1) is 0 Å². The van der Waals surface area contributed by atoms with E-state index in [4.69, 9.17) is 4.74 Å². The van der Waals surface area contributed by atoms with Crippen molar-refractivity contribution >= 4 is 0 Å². The van der Waals surface area contributed by atoms with Gasteiger partial charge in [0, 0.05) is 45.4 Å². The lowest BCUT2D eigenvalue weighted by atomic mass is 9.99. The van der Waals surface area contributed by atoms with Crippen molar-refractivity contribution in [2.45, 2.75) is 51.5 Å². The average molecular weight is 254 g/mol. The van der Waals surface area contributed by atoms with Crippen molar-refractivity contribution in [1.29, 1.82) is 0 Å². The van der Waals surface area contributed by atoms with Gasteiger partial charge in [-0.15, -0.1) is 0 Å². The molecule has 0 aromatic rings. The molecule has 2 fully saturated rings. The Morgan fingerprint density at radius 2 is 1.94 bits per heavy atom. The molecule has 0 aromatic carbocycles. The second-order valence-corrected chi connectivity index (χ2v) is 5.81. The van der Waals surface area contributed by atoms with E-state index in [1.165, 1.54) is 71.2 Å². The van der Waals surface area contributed by atoms with E-state index in [2.05, 4.69) is 16.7 Å². The first kappa shape index (κ1) is 14.3. The Labute approximate surface area is 112 Å². The lowest BCUT2D eigenvalue weighted by molar-refractivity contribution is 0.0423. The molecule has 2 heterocycles. The van der Waals surface area contributed by atoms with Crippen molar-refractivity contribution < 1.29 is 4.74 Å². The summed E-state index contributed by atoms with van der Waals surface area (Å²) in [5, 5.41) is 0. The molecule has 0 saturated carbocycles. The minimum atomic E-state index is 0.855. The van der Waals surface area contributed by atoms with Crippen molar-refractivity contribution in [3.05, 3.63) is 0 Å². The van der Waals surface area contributed by atoms with Crippen LogP contribution in [0.25, 0.3) is 0 Å². The minimum absolute atomic E-state index is 0.855. The molecule has 3 heteroatoms. The molecule has 106 valence electrons. The van der Waals surface area contributed by atoms with Gasteiger partial charge in [0.2, 0.25) is 0 Å². The van der Waals surface area contributed by atoms with Crippen molar-refractivity contribution in [3.8, 4) is 0 Å². The number of hydrogen-bond donors (Lipinski definition) is 0. The summed E-state index contributed by atoms with van der Waals surface area (Å²) in [6, 6.07) is 0.855. The number of ether oxygens (including phenoxy) is 1. The van der Waals surface area contributed by atoms with E-state index < -0.39 is 0 Å². The zero-order valence-corrected chi connectivity index (χ0v) is 12.1. The fourth-order valence-corrected chi connectivity index (χ4v) is 3.16. The van der Waals surface area contributed by atoms with E-state index in [1.807, 2.05) is 0 Å². The molecule has 2 aliphatic heterocycles. The first-order chi connectivity index (χ1) is 8.90. The molecule has 2 aliphatic rings. The first-order valence-electron chi connectivity index (χ1n) is 7.94. The Kier molecular flexibility index (Phi) is 6.46. The van der Waals surface area contributed by atoms with Gasteiger partial charge in [-0.05, 0) is 32.2 Å². The molecule has 3 nitrogen and oxygen atoms in total. The highest BCUT2D eigenvalue weighted by atomic mass is 16.5. The van der Waals surface area contributed by atoms with Crippen LogP contribution in [0.1, 0.15) is 45.4 Å². The smallest absolute Gasteiger partial charge is 0.0478 e. The number of piperidine rings is 1. The molecule has 2 rings (SSSR count). The van der Waals surface area contributed by atoms with E-state index in [1.54, 1.807) is 0 Å². The highest BCUT2D eigenvalue weighted by molar-refractivity contribution is 4.84. The monoisotopic (exact) mass is 254 g/mol. The third-order valence-corrected chi connectivity index (χ3v) is 4.33. The Morgan fingerprint density at radius 3 is 2.83 bits per heavy atom. The van der Waals surface area contributed by atoms with Gasteiger partial charge in [-0.2, -0.15) is 0 Å². The molecule has 0 aliphatic carbocycles. The summed E-state index contributed by atoms with van der Waals surface area (Å²) < 4.78 is 5.63. The SMILES string of the molecule is CCCCOCCCN1CCN2CCCCC2C1. The molecule has 2 saturated heterocycles. The first-order valence-corrected chi connectivity index (χ1v) is 7.94. The minimum Gasteiger partial charge on any atom is -0.381 e. The van der Waals surface area contributed by atoms with E-state index in [9.17, 15) is 0 Å². The summed E-state index contributed by atoms with van der Waals surface area (Å²) in [6.45, 7) is 10.6. The highest BCUT2D eigenvalue weighted by Gasteiger charge is 2.28. The third-order valence-electron chi connectivity index (χ3n) is 4.33. The van der Waals surface area contributed by atoms with Crippen LogP contribution in [0.5, 0.6) is 0 Å². The predicted octanol–water partition coefficient (Wildman–Crippen LogP) is 2.36. The standard InChI is InChI=1S/C15H30N2O/c1-2-3-12-18-13-6-8-16-10-11-17-9-5-4-7-15(17)14-16/h15H,2-14H2,1H3. The summed E-state index contributed by atoms with van der Waals surface area (Å²) >= 11 is 0. The van der Waals surface area contributed by atoms with E-state index >= 15 is 0 Å². The summed E-state index contributed by atoms with van der Waals surface area (Å²) in [4.78, 5) is 5.35. The second-order valence-electron chi connectivity index (χ2n) is 5.81. The zero-order chi connectivity index (χ0) is 12.6. The van der Waals surface area contributed by atoms with Crippen molar-refractivity contribution in [3.63, 3.8) is 0 Å². The van der Waals surface area contributed by atoms with E-state index in [-0.39, 0.29) is 0 Å². The summed E-state index contributed by atoms with van der Waals surface area (Å²) in [7, 11) is 0. The topological polar surface area (TPSA) is 15.7 Å². The number of hydrogen-bond acceptors (Lipinski definition) is 3. The lowest BCUT2D eigenvalue weighted by Gasteiger charge is -2.44. The van der Waals surface area contributed by atoms with Gasteiger partial charge in [-0.1, -0.05) is 19.8 Å². The maximum absolute atomic E-state index is 5.63. The van der Waals surface area contributed by atoms with Crippen LogP contribution in [0.3, 0.4) is 0 Å². The van der Waals surface area contributed by atoms with Crippen LogP contribution in [0.2, 0.25) is 0 Å². The fourth-order valence-electron chi connectivity index (χ4n) is 3.16. The van der Waals surface area contributed by atoms with Crippen LogP contribution in [-0.2, 0) is 4.74 Å². The van der Waals surface area contributed by atoms with Crippen molar-refractivity contribution in [1.82, 2.24) is 9.80 Å². The van der Waals surface area contributed by atoms with Gasteiger partial charge in [-0.25, -0.2) is 0 Å². The zero-order valence-electron chi connectivity index (χ0n) is 12.1. The van der Waals surface area contributed by atoms with E-state index in [0.29, 0.717) is 0 Å². The Balaban J connectivity index is 1.54. The molecule has 0 radical (unpaired) electrons. The molecule has 1 unspecified atom stereocenters. The van der Waals surface area contributed by atoms with Crippen LogP contribution >= 0.6 is 0 Å². The molecule has 0 N–H and O–H groups in total. The fraction of sp³-hybridized carbons (Fsp3) is 1.00. The largest absolute Gasteiger partial charge is 0.381 e. The highest BCUT2D eigenvalue weighted by Crippen LogP contribution is 2.20. The molecule has 18 heavy (non-hydrogen) atoms. The number of nitrogens with zero attached hydrogens (tertiary/aromatic N) is 2. The van der Waals surface area contributed by atoms with Gasteiger partial charge in [0.15, 0.2) is 0 Å². The number of rotatable bonds is 7. The van der Waals surface area contributed by atoms with Gasteiger partial charge >= 0.3 is 0 Å². The van der Waals surface area contributed by atoms with Gasteiger partial charge in [-0.3, -0.25) is 4.90 Å². The summed E-state index contributed by atoms with van der Waals surface area (Å²) in [5.74, 6) is 0. The Hall–Kier alpha value is -0.120. The summed E-state index contributed by atoms with van der Waals surface area (Å²) in [6.07, 6.45) is 7.93. The Bertz CT molecular complexity index is 223. The van der Waals surface area contributed by atoms with Gasteiger partial charge in [0.1, 0.15) is 0 Å². The predicted molar refractivity (Wildman–Crippen MR) is 76.0 cm³/mol. The van der Waals surface area contributed by atoms with Crippen LogP contribution < -0.4 is 0 Å². The Morgan fingerprint density at radius 1 is 1.06 bits per heavy atom. The number of unbranched alkanes of at least 4 members (excludes halogenated alkanes) is 1. The maximum Gasteiger partial charge on any atom is 0.0478 e. The third kappa shape index (κ3) is 4.52. The van der Waals surface area contributed by atoms with Gasteiger partial charge in [0.25, 0.3) is 0 Å². The molecule has 0 spiro atoms. The van der Waals surface area contributed by atoms with Crippen LogP contribution in [0.15, 0.2) is 0 Å². The molecular weight excluding hydrogens is 224 g/mol. The normalized spacial score (nSPS) is 26.2. The van der Waals surface area contributed by atoms with Gasteiger partial charge in [0.05, 0.1) is 0 Å². The average Bonchev–Trinajstić information content (AvgIpc) is 2.42. The van der Waals surface area contributed by atoms with Gasteiger partial charge < -0.3 is 9.64 Å². The maximum atomic E-state index is 5.63. The molecule has 0 aromatic heterocycles. The molecule has 0 bridgehead atoms. The second kappa shape index (κ2) is 8.13. The van der Waals surface area contributed by atoms with Crippen molar-refractivity contribution in [2.24, 2.45) is 0 Å². The quantitative estimate of drug-likeness (QED) is 0.649. The number of piperazine rings is 1. The summed E-state index contributed by atoms with van der Waals surface area (Å²) in [5.41, 5.74) is 0. The van der Waals surface area contributed by atoms with E-state index in [0.717, 1.165) is 19.3 Å². The molecule has 0 amide bonds.